The molecular formula is C12H15NO. The first-order valence-corrected chi connectivity index (χ1v) is 4.92. The highest BCUT2D eigenvalue weighted by molar-refractivity contribution is 5.81. The van der Waals surface area contributed by atoms with Crippen molar-refractivity contribution in [1.82, 2.24) is 4.98 Å². The molecule has 74 valence electrons. The summed E-state index contributed by atoms with van der Waals surface area (Å²) in [6.45, 7) is 2.12. The number of carbonyl (C=O) groups is 1. The van der Waals surface area contributed by atoms with E-state index in [0.29, 0.717) is 0 Å². The Bertz CT molecular complexity index is 303. The summed E-state index contributed by atoms with van der Waals surface area (Å²) in [4.78, 5) is 14.7. The van der Waals surface area contributed by atoms with Crippen LogP contribution >= 0.6 is 0 Å². The maximum Gasteiger partial charge on any atom is 0.146 e. The minimum absolute atomic E-state index is 0.847. The third-order valence-electron chi connectivity index (χ3n) is 2.01. The lowest BCUT2D eigenvalue weighted by atomic mass is 10.1. The number of hydrogen-bond acceptors (Lipinski definition) is 2. The number of unbranched alkanes of at least 4 members (excludes halogenated alkanes) is 1. The Labute approximate surface area is 84.7 Å². The van der Waals surface area contributed by atoms with Crippen LogP contribution in [0.4, 0.5) is 0 Å². The highest BCUT2D eigenvalue weighted by atomic mass is 16.1. The third kappa shape index (κ3) is 3.52. The highest BCUT2D eigenvalue weighted by Gasteiger charge is 1.95. The van der Waals surface area contributed by atoms with Crippen LogP contribution in [-0.4, -0.2) is 11.3 Å². The standard InChI is InChI=1S/C12H15NO/c1-2-3-5-12(10-14)8-11-6-4-7-13-9-11/h4,6-10H,2-3,5H2,1H3/b12-8+. The van der Waals surface area contributed by atoms with Gasteiger partial charge in [-0.2, -0.15) is 0 Å². The molecule has 0 saturated heterocycles. The van der Waals surface area contributed by atoms with E-state index in [2.05, 4.69) is 11.9 Å². The van der Waals surface area contributed by atoms with Crippen LogP contribution in [-0.2, 0) is 4.79 Å². The number of pyridine rings is 1. The molecule has 1 rings (SSSR count). The van der Waals surface area contributed by atoms with Gasteiger partial charge in [0.25, 0.3) is 0 Å². The molecule has 0 fully saturated rings. The number of hydrogen-bond donors (Lipinski definition) is 0. The van der Waals surface area contributed by atoms with Crippen molar-refractivity contribution in [2.24, 2.45) is 0 Å². The van der Waals surface area contributed by atoms with Crippen LogP contribution in [0.5, 0.6) is 0 Å². The van der Waals surface area contributed by atoms with E-state index in [1.807, 2.05) is 18.2 Å². The molecule has 1 aromatic heterocycles. The number of allylic oxidation sites excluding steroid dienone is 1. The largest absolute Gasteiger partial charge is 0.298 e. The average Bonchev–Trinajstić information content (AvgIpc) is 2.25. The molecule has 0 amide bonds. The van der Waals surface area contributed by atoms with E-state index < -0.39 is 0 Å². The Morgan fingerprint density at radius 2 is 2.43 bits per heavy atom. The van der Waals surface area contributed by atoms with Crippen molar-refractivity contribution < 1.29 is 4.79 Å². The summed E-state index contributed by atoms with van der Waals surface area (Å²) in [5, 5.41) is 0. The monoisotopic (exact) mass is 189 g/mol. The summed E-state index contributed by atoms with van der Waals surface area (Å²) in [7, 11) is 0. The van der Waals surface area contributed by atoms with Gasteiger partial charge in [0.15, 0.2) is 0 Å². The van der Waals surface area contributed by atoms with Crippen molar-refractivity contribution >= 4 is 12.4 Å². The Morgan fingerprint density at radius 1 is 1.57 bits per heavy atom. The van der Waals surface area contributed by atoms with Gasteiger partial charge in [0.2, 0.25) is 0 Å². The number of aromatic nitrogens is 1. The lowest BCUT2D eigenvalue weighted by Crippen LogP contribution is -1.86. The van der Waals surface area contributed by atoms with Gasteiger partial charge in [0.1, 0.15) is 6.29 Å². The Balaban J connectivity index is 2.68. The molecule has 0 aromatic carbocycles. The summed E-state index contributed by atoms with van der Waals surface area (Å²) >= 11 is 0. The Kier molecular flexibility index (Phi) is 4.62. The van der Waals surface area contributed by atoms with Crippen molar-refractivity contribution in [1.29, 1.82) is 0 Å². The molecule has 0 radical (unpaired) electrons. The number of carbonyl (C=O) groups excluding carboxylic acids is 1. The van der Waals surface area contributed by atoms with Gasteiger partial charge < -0.3 is 0 Å². The summed E-state index contributed by atoms with van der Waals surface area (Å²) in [6, 6.07) is 3.82. The van der Waals surface area contributed by atoms with Gasteiger partial charge >= 0.3 is 0 Å². The molecule has 0 aliphatic rings. The molecule has 14 heavy (non-hydrogen) atoms. The second kappa shape index (κ2) is 6.08. The molecule has 0 bridgehead atoms. The molecule has 0 aliphatic heterocycles. The van der Waals surface area contributed by atoms with Crippen LogP contribution in [0.2, 0.25) is 0 Å². The van der Waals surface area contributed by atoms with Crippen LogP contribution in [0, 0.1) is 0 Å². The fourth-order valence-electron chi connectivity index (χ4n) is 1.22. The van der Waals surface area contributed by atoms with Crippen molar-refractivity contribution in [2.45, 2.75) is 26.2 Å². The van der Waals surface area contributed by atoms with E-state index in [9.17, 15) is 4.79 Å². The molecule has 1 heterocycles. The molecule has 2 nitrogen and oxygen atoms in total. The second-order valence-corrected chi connectivity index (χ2v) is 3.23. The Hall–Kier alpha value is -1.44. The third-order valence-corrected chi connectivity index (χ3v) is 2.01. The van der Waals surface area contributed by atoms with Crippen molar-refractivity contribution in [3.63, 3.8) is 0 Å². The zero-order valence-electron chi connectivity index (χ0n) is 8.44. The fraction of sp³-hybridized carbons (Fsp3) is 0.333. The maximum atomic E-state index is 10.7. The Morgan fingerprint density at radius 3 is 3.00 bits per heavy atom. The predicted molar refractivity (Wildman–Crippen MR) is 57.8 cm³/mol. The van der Waals surface area contributed by atoms with Crippen molar-refractivity contribution in [3.8, 4) is 0 Å². The molecule has 2 heteroatoms. The number of nitrogens with zero attached hydrogens (tertiary/aromatic N) is 1. The zero-order valence-corrected chi connectivity index (χ0v) is 8.44. The van der Waals surface area contributed by atoms with Gasteiger partial charge in [-0.15, -0.1) is 0 Å². The molecule has 0 aliphatic carbocycles. The normalized spacial score (nSPS) is 11.4. The van der Waals surface area contributed by atoms with Gasteiger partial charge in [-0.25, -0.2) is 0 Å². The SMILES string of the molecule is CCCC/C(C=O)=C\c1cccnc1. The topological polar surface area (TPSA) is 30.0 Å². The lowest BCUT2D eigenvalue weighted by Gasteiger charge is -1.98. The molecule has 0 atom stereocenters. The quantitative estimate of drug-likeness (QED) is 0.526. The smallest absolute Gasteiger partial charge is 0.146 e. The first-order valence-electron chi connectivity index (χ1n) is 4.92. The van der Waals surface area contributed by atoms with Gasteiger partial charge in [-0.3, -0.25) is 9.78 Å². The second-order valence-electron chi connectivity index (χ2n) is 3.23. The maximum absolute atomic E-state index is 10.7. The zero-order chi connectivity index (χ0) is 10.2. The first kappa shape index (κ1) is 10.6. The molecule has 0 unspecified atom stereocenters. The molecular weight excluding hydrogens is 174 g/mol. The average molecular weight is 189 g/mol. The van der Waals surface area contributed by atoms with Crippen LogP contribution in [0.15, 0.2) is 30.1 Å². The predicted octanol–water partition coefficient (Wildman–Crippen LogP) is 2.85. The van der Waals surface area contributed by atoms with Gasteiger partial charge in [0, 0.05) is 12.4 Å². The molecule has 0 N–H and O–H groups in total. The summed E-state index contributed by atoms with van der Waals surface area (Å²) in [5.74, 6) is 0. The summed E-state index contributed by atoms with van der Waals surface area (Å²) < 4.78 is 0. The van der Waals surface area contributed by atoms with E-state index in [-0.39, 0.29) is 0 Å². The lowest BCUT2D eigenvalue weighted by molar-refractivity contribution is -0.105. The van der Waals surface area contributed by atoms with Crippen LogP contribution < -0.4 is 0 Å². The minimum atomic E-state index is 0.847. The summed E-state index contributed by atoms with van der Waals surface area (Å²) in [6.07, 6.45) is 9.34. The van der Waals surface area contributed by atoms with E-state index in [1.54, 1.807) is 12.4 Å². The number of rotatable bonds is 5. The number of aldehydes is 1. The highest BCUT2D eigenvalue weighted by Crippen LogP contribution is 2.09. The van der Waals surface area contributed by atoms with Crippen LogP contribution in [0.3, 0.4) is 0 Å². The van der Waals surface area contributed by atoms with E-state index in [0.717, 1.165) is 36.7 Å². The first-order chi connectivity index (χ1) is 6.86. The fourth-order valence-corrected chi connectivity index (χ4v) is 1.22. The van der Waals surface area contributed by atoms with Gasteiger partial charge in [-0.05, 0) is 36.1 Å². The minimum Gasteiger partial charge on any atom is -0.298 e. The van der Waals surface area contributed by atoms with E-state index in [4.69, 9.17) is 0 Å². The van der Waals surface area contributed by atoms with Gasteiger partial charge in [0.05, 0.1) is 0 Å². The molecule has 1 aromatic rings. The van der Waals surface area contributed by atoms with Gasteiger partial charge in [-0.1, -0.05) is 19.4 Å². The van der Waals surface area contributed by atoms with E-state index in [1.165, 1.54) is 0 Å². The van der Waals surface area contributed by atoms with Crippen molar-refractivity contribution in [2.75, 3.05) is 0 Å². The molecule has 0 spiro atoms. The molecule has 0 saturated carbocycles. The van der Waals surface area contributed by atoms with Crippen LogP contribution in [0.25, 0.3) is 6.08 Å². The van der Waals surface area contributed by atoms with Crippen molar-refractivity contribution in [3.05, 3.63) is 35.7 Å². The van der Waals surface area contributed by atoms with E-state index >= 15 is 0 Å². The summed E-state index contributed by atoms with van der Waals surface area (Å²) in [5.41, 5.74) is 1.84. The van der Waals surface area contributed by atoms with Crippen LogP contribution in [0.1, 0.15) is 31.7 Å².